The zero-order chi connectivity index (χ0) is 22.4. The summed E-state index contributed by atoms with van der Waals surface area (Å²) in [6, 6.07) is 25.0. The maximum absolute atomic E-state index is 13.0. The molecule has 0 fully saturated rings. The van der Waals surface area contributed by atoms with Crippen LogP contribution in [0.2, 0.25) is 10.0 Å². The third-order valence-corrected chi connectivity index (χ3v) is 6.05. The summed E-state index contributed by atoms with van der Waals surface area (Å²) >= 11 is 12.5. The first-order chi connectivity index (χ1) is 14.8. The molecule has 0 aliphatic rings. The molecule has 0 aromatic heterocycles. The third-order valence-electron chi connectivity index (χ3n) is 5.45. The van der Waals surface area contributed by atoms with Crippen molar-refractivity contribution in [3.8, 4) is 5.75 Å². The summed E-state index contributed by atoms with van der Waals surface area (Å²) in [6.45, 7) is 6.10. The normalized spacial score (nSPS) is 13.3. The highest BCUT2D eigenvalue weighted by atomic mass is 35.5. The van der Waals surface area contributed by atoms with Crippen molar-refractivity contribution in [1.29, 1.82) is 0 Å². The fourth-order valence-electron chi connectivity index (χ4n) is 3.58. The van der Waals surface area contributed by atoms with Crippen molar-refractivity contribution in [3.63, 3.8) is 0 Å². The van der Waals surface area contributed by atoms with Crippen LogP contribution in [0.1, 0.15) is 43.7 Å². The second-order valence-corrected chi connectivity index (χ2v) is 8.95. The summed E-state index contributed by atoms with van der Waals surface area (Å²) in [6.07, 6.45) is 0. The van der Waals surface area contributed by atoms with E-state index in [9.17, 15) is 4.79 Å². The lowest BCUT2D eigenvalue weighted by atomic mass is 9.82. The molecule has 0 aliphatic heterocycles. The number of amides is 1. The average Bonchev–Trinajstić information content (AvgIpc) is 2.76. The largest absolute Gasteiger partial charge is 0.478 e. The SMILES string of the molecule is CC(c1ccccc1)C(CNC(=O)C(C)(C)Oc1ccc(Cl)cc1)c1ccccc1Cl. The Morgan fingerprint density at radius 1 is 0.935 bits per heavy atom. The summed E-state index contributed by atoms with van der Waals surface area (Å²) in [5.74, 6) is 0.553. The van der Waals surface area contributed by atoms with Crippen LogP contribution in [0, 0.1) is 0 Å². The van der Waals surface area contributed by atoms with Crippen molar-refractivity contribution in [3.05, 3.63) is 100 Å². The molecule has 1 amide bonds. The van der Waals surface area contributed by atoms with Crippen molar-refractivity contribution < 1.29 is 9.53 Å². The number of hydrogen-bond donors (Lipinski definition) is 1. The van der Waals surface area contributed by atoms with Gasteiger partial charge >= 0.3 is 0 Å². The van der Waals surface area contributed by atoms with Crippen molar-refractivity contribution in [1.82, 2.24) is 5.32 Å². The van der Waals surface area contributed by atoms with Crippen molar-refractivity contribution in [2.75, 3.05) is 6.54 Å². The minimum atomic E-state index is -1.05. The molecule has 3 aromatic rings. The molecule has 1 N–H and O–H groups in total. The Labute approximate surface area is 194 Å². The predicted molar refractivity (Wildman–Crippen MR) is 128 cm³/mol. The summed E-state index contributed by atoms with van der Waals surface area (Å²) in [4.78, 5) is 13.0. The van der Waals surface area contributed by atoms with Gasteiger partial charge in [0.15, 0.2) is 5.60 Å². The monoisotopic (exact) mass is 455 g/mol. The quantitative estimate of drug-likeness (QED) is 0.402. The minimum absolute atomic E-state index is 0.00591. The Hall–Kier alpha value is -2.49. The number of halogens is 2. The fourth-order valence-corrected chi connectivity index (χ4v) is 3.98. The molecule has 3 nitrogen and oxygen atoms in total. The molecule has 0 heterocycles. The smallest absolute Gasteiger partial charge is 0.263 e. The zero-order valence-electron chi connectivity index (χ0n) is 17.9. The van der Waals surface area contributed by atoms with E-state index in [4.69, 9.17) is 27.9 Å². The Bertz CT molecular complexity index is 1000. The number of ether oxygens (including phenoxy) is 1. The highest BCUT2D eigenvalue weighted by molar-refractivity contribution is 6.31. The van der Waals surface area contributed by atoms with Gasteiger partial charge < -0.3 is 10.1 Å². The van der Waals surface area contributed by atoms with Gasteiger partial charge in [-0.25, -0.2) is 0 Å². The molecule has 2 unspecified atom stereocenters. The number of nitrogens with one attached hydrogen (secondary N) is 1. The Balaban J connectivity index is 1.77. The van der Waals surface area contributed by atoms with E-state index in [1.165, 1.54) is 5.56 Å². The maximum atomic E-state index is 13.0. The zero-order valence-corrected chi connectivity index (χ0v) is 19.5. The molecule has 0 aliphatic carbocycles. The van der Waals surface area contributed by atoms with Crippen molar-refractivity contribution in [2.45, 2.75) is 38.2 Å². The molecule has 3 aromatic carbocycles. The minimum Gasteiger partial charge on any atom is -0.478 e. The number of carbonyl (C=O) groups excluding carboxylic acids is 1. The van der Waals surface area contributed by atoms with Crippen LogP contribution in [0.3, 0.4) is 0 Å². The van der Waals surface area contributed by atoms with Crippen LogP contribution in [0.25, 0.3) is 0 Å². The van der Waals surface area contributed by atoms with Crippen molar-refractivity contribution >= 4 is 29.1 Å². The third kappa shape index (κ3) is 6.03. The van der Waals surface area contributed by atoms with Gasteiger partial charge in [-0.05, 0) is 61.2 Å². The van der Waals surface area contributed by atoms with Gasteiger partial charge in [0.2, 0.25) is 0 Å². The first-order valence-corrected chi connectivity index (χ1v) is 11.1. The Morgan fingerprint density at radius 3 is 2.19 bits per heavy atom. The fraction of sp³-hybridized carbons (Fsp3) is 0.269. The molecule has 5 heteroatoms. The van der Waals surface area contributed by atoms with Crippen LogP contribution in [-0.4, -0.2) is 18.1 Å². The molecule has 0 saturated carbocycles. The lowest BCUT2D eigenvalue weighted by Gasteiger charge is -2.29. The lowest BCUT2D eigenvalue weighted by Crippen LogP contribution is -2.47. The van der Waals surface area contributed by atoms with Crippen LogP contribution in [0.15, 0.2) is 78.9 Å². The van der Waals surface area contributed by atoms with Gasteiger partial charge in [0.1, 0.15) is 5.75 Å². The van der Waals surface area contributed by atoms with Crippen LogP contribution in [0.5, 0.6) is 5.75 Å². The first-order valence-electron chi connectivity index (χ1n) is 10.3. The highest BCUT2D eigenvalue weighted by Gasteiger charge is 2.31. The summed E-state index contributed by atoms with van der Waals surface area (Å²) in [7, 11) is 0. The standard InChI is InChI=1S/C26H27Cl2NO2/c1-18(19-9-5-4-6-10-19)23(22-11-7-8-12-24(22)28)17-29-25(30)26(2,3)31-21-15-13-20(27)14-16-21/h4-16,18,23H,17H2,1-3H3,(H,29,30). The van der Waals surface area contributed by atoms with Crippen molar-refractivity contribution in [2.24, 2.45) is 0 Å². The molecule has 162 valence electrons. The Morgan fingerprint density at radius 2 is 1.55 bits per heavy atom. The average molecular weight is 456 g/mol. The van der Waals surface area contributed by atoms with E-state index in [-0.39, 0.29) is 17.7 Å². The number of benzene rings is 3. The van der Waals surface area contributed by atoms with Gasteiger partial charge in [0.25, 0.3) is 5.91 Å². The highest BCUT2D eigenvalue weighted by Crippen LogP contribution is 2.36. The van der Waals surface area contributed by atoms with Gasteiger partial charge in [0, 0.05) is 22.5 Å². The van der Waals surface area contributed by atoms with E-state index in [2.05, 4.69) is 24.4 Å². The molecule has 0 saturated heterocycles. The second kappa shape index (κ2) is 10.2. The molecule has 0 spiro atoms. The first kappa shape index (κ1) is 23.2. The van der Waals surface area contributed by atoms with Gasteiger partial charge in [-0.1, -0.05) is 78.7 Å². The van der Waals surface area contributed by atoms with E-state index in [1.54, 1.807) is 38.1 Å². The van der Waals surface area contributed by atoms with E-state index < -0.39 is 5.60 Å². The molecule has 0 bridgehead atoms. The van der Waals surface area contributed by atoms with Crippen LogP contribution < -0.4 is 10.1 Å². The van der Waals surface area contributed by atoms with E-state index in [1.807, 2.05) is 42.5 Å². The van der Waals surface area contributed by atoms with Crippen LogP contribution in [-0.2, 0) is 4.79 Å². The molecular weight excluding hydrogens is 429 g/mol. The van der Waals surface area contributed by atoms with E-state index in [0.717, 1.165) is 5.56 Å². The summed E-state index contributed by atoms with van der Waals surface area (Å²) < 4.78 is 5.93. The maximum Gasteiger partial charge on any atom is 0.263 e. The number of rotatable bonds is 8. The van der Waals surface area contributed by atoms with Gasteiger partial charge in [-0.2, -0.15) is 0 Å². The van der Waals surface area contributed by atoms with Crippen LogP contribution in [0.4, 0.5) is 0 Å². The van der Waals surface area contributed by atoms with Gasteiger partial charge in [-0.3, -0.25) is 4.79 Å². The lowest BCUT2D eigenvalue weighted by molar-refractivity contribution is -0.134. The van der Waals surface area contributed by atoms with E-state index >= 15 is 0 Å². The Kier molecular flexibility index (Phi) is 7.64. The second-order valence-electron chi connectivity index (χ2n) is 8.10. The predicted octanol–water partition coefficient (Wildman–Crippen LogP) is 6.85. The molecule has 2 atom stereocenters. The van der Waals surface area contributed by atoms with Gasteiger partial charge in [0.05, 0.1) is 0 Å². The summed E-state index contributed by atoms with van der Waals surface area (Å²) in [5.41, 5.74) is 1.16. The van der Waals surface area contributed by atoms with E-state index in [0.29, 0.717) is 22.3 Å². The molecule has 3 rings (SSSR count). The molecule has 31 heavy (non-hydrogen) atoms. The molecule has 0 radical (unpaired) electrons. The van der Waals surface area contributed by atoms with Crippen LogP contribution >= 0.6 is 23.2 Å². The molecular formula is C26H27Cl2NO2. The topological polar surface area (TPSA) is 38.3 Å². The number of hydrogen-bond acceptors (Lipinski definition) is 2. The number of carbonyl (C=O) groups is 1. The van der Waals surface area contributed by atoms with Gasteiger partial charge in [-0.15, -0.1) is 0 Å². The summed E-state index contributed by atoms with van der Waals surface area (Å²) in [5, 5.41) is 4.40.